The zero-order valence-electron chi connectivity index (χ0n) is 18.4. The van der Waals surface area contributed by atoms with Gasteiger partial charge in [-0.15, -0.1) is 0 Å². The largest absolute Gasteiger partial charge is 0.354 e. The minimum absolute atomic E-state index is 0.211. The summed E-state index contributed by atoms with van der Waals surface area (Å²) in [6.45, 7) is 2.13. The number of halogens is 1. The second-order valence-corrected chi connectivity index (χ2v) is 8.04. The number of amides is 2. The van der Waals surface area contributed by atoms with Crippen LogP contribution in [0.3, 0.4) is 0 Å². The Bertz CT molecular complexity index is 1400. The van der Waals surface area contributed by atoms with Gasteiger partial charge in [-0.05, 0) is 60.5 Å². The number of nitrogens with one attached hydrogen (secondary N) is 2. The number of nitrogens with zero attached hydrogens (tertiary/aromatic N) is 2. The molecule has 2 heterocycles. The maximum absolute atomic E-state index is 13.5. The van der Waals surface area contributed by atoms with Gasteiger partial charge in [0.25, 0.3) is 11.8 Å². The Kier molecular flexibility index (Phi) is 5.51. The molecule has 0 unspecified atom stereocenters. The highest BCUT2D eigenvalue weighted by Gasteiger charge is 2.25. The topological polar surface area (TPSA) is 74.3 Å². The molecule has 0 bridgehead atoms. The maximum atomic E-state index is 13.5. The second kappa shape index (κ2) is 8.78. The molecular weight excluding hydrogens is 431 g/mol. The third-order valence-electron chi connectivity index (χ3n) is 5.75. The Morgan fingerprint density at radius 3 is 2.53 bits per heavy atom. The predicted molar refractivity (Wildman–Crippen MR) is 130 cm³/mol. The number of hydrogen-bond donors (Lipinski definition) is 2. The van der Waals surface area contributed by atoms with Crippen molar-refractivity contribution in [2.45, 2.75) is 13.5 Å². The van der Waals surface area contributed by atoms with Gasteiger partial charge in [0.05, 0.1) is 23.5 Å². The first-order chi connectivity index (χ1) is 16.5. The summed E-state index contributed by atoms with van der Waals surface area (Å²) in [6, 6.07) is 22.7. The molecule has 4 aromatic rings. The van der Waals surface area contributed by atoms with E-state index in [2.05, 4.69) is 15.6 Å². The van der Waals surface area contributed by atoms with E-state index in [0.717, 1.165) is 22.6 Å². The molecule has 5 rings (SSSR count). The van der Waals surface area contributed by atoms with E-state index in [1.165, 1.54) is 18.3 Å². The molecule has 6 nitrogen and oxygen atoms in total. The summed E-state index contributed by atoms with van der Waals surface area (Å²) in [7, 11) is 0. The number of fused-ring (bicyclic) bond motifs is 2. The smallest absolute Gasteiger partial charge is 0.260 e. The second-order valence-electron chi connectivity index (χ2n) is 8.04. The number of carbonyl (C=O) groups excluding carboxylic acids is 2. The van der Waals surface area contributed by atoms with E-state index in [4.69, 9.17) is 0 Å². The summed E-state index contributed by atoms with van der Waals surface area (Å²) >= 11 is 0. The Hall–Kier alpha value is -4.52. The highest BCUT2D eigenvalue weighted by molar-refractivity contribution is 6.09. The monoisotopic (exact) mass is 452 g/mol. The van der Waals surface area contributed by atoms with Crippen LogP contribution in [0.15, 0.2) is 85.1 Å². The van der Waals surface area contributed by atoms with Crippen LogP contribution in [0, 0.1) is 12.7 Å². The fourth-order valence-corrected chi connectivity index (χ4v) is 3.95. The molecule has 2 amide bonds. The van der Waals surface area contributed by atoms with E-state index >= 15 is 0 Å². The van der Waals surface area contributed by atoms with Crippen LogP contribution in [0.1, 0.15) is 31.8 Å². The number of rotatable bonds is 3. The SMILES string of the molecule is Cc1ccc(F)cc1C(=O)Nc1ccc(C(=O)N2Cc3ccccc3Nc3ccccc32)cn1. The van der Waals surface area contributed by atoms with Crippen molar-refractivity contribution in [3.05, 3.63) is 113 Å². The number of pyridine rings is 1. The van der Waals surface area contributed by atoms with Gasteiger partial charge in [0.1, 0.15) is 11.6 Å². The van der Waals surface area contributed by atoms with Gasteiger partial charge in [-0.3, -0.25) is 9.59 Å². The van der Waals surface area contributed by atoms with Crippen LogP contribution in [0.25, 0.3) is 0 Å². The zero-order valence-corrected chi connectivity index (χ0v) is 18.4. The number of anilines is 4. The first-order valence-corrected chi connectivity index (χ1v) is 10.8. The molecule has 168 valence electrons. The van der Waals surface area contributed by atoms with Crippen molar-refractivity contribution < 1.29 is 14.0 Å². The third kappa shape index (κ3) is 4.11. The first kappa shape index (κ1) is 21.3. The van der Waals surface area contributed by atoms with Gasteiger partial charge in [0.15, 0.2) is 0 Å². The lowest BCUT2D eigenvalue weighted by molar-refractivity contribution is 0.0984. The molecule has 0 aliphatic carbocycles. The quantitative estimate of drug-likeness (QED) is 0.419. The van der Waals surface area contributed by atoms with Crippen LogP contribution in [0.2, 0.25) is 0 Å². The van der Waals surface area contributed by atoms with Gasteiger partial charge in [0.2, 0.25) is 0 Å². The molecule has 1 aromatic heterocycles. The molecule has 0 spiro atoms. The predicted octanol–water partition coefficient (Wildman–Crippen LogP) is 5.69. The fourth-order valence-electron chi connectivity index (χ4n) is 3.95. The van der Waals surface area contributed by atoms with Crippen LogP contribution >= 0.6 is 0 Å². The highest BCUT2D eigenvalue weighted by Crippen LogP contribution is 2.36. The lowest BCUT2D eigenvalue weighted by atomic mass is 10.1. The zero-order chi connectivity index (χ0) is 23.7. The van der Waals surface area contributed by atoms with E-state index in [1.54, 1.807) is 30.0 Å². The minimum atomic E-state index is -0.488. The summed E-state index contributed by atoms with van der Waals surface area (Å²) in [4.78, 5) is 32.0. The number of aryl methyl sites for hydroxylation is 1. The maximum Gasteiger partial charge on any atom is 0.260 e. The number of carbonyl (C=O) groups is 2. The van der Waals surface area contributed by atoms with Gasteiger partial charge in [-0.25, -0.2) is 9.37 Å². The summed E-state index contributed by atoms with van der Waals surface area (Å²) < 4.78 is 13.5. The highest BCUT2D eigenvalue weighted by atomic mass is 19.1. The van der Waals surface area contributed by atoms with E-state index in [0.29, 0.717) is 17.7 Å². The van der Waals surface area contributed by atoms with Crippen molar-refractivity contribution in [1.29, 1.82) is 0 Å². The fraction of sp³-hybridized carbons (Fsp3) is 0.0741. The Morgan fingerprint density at radius 2 is 1.74 bits per heavy atom. The molecule has 2 N–H and O–H groups in total. The molecule has 0 saturated heterocycles. The van der Waals surface area contributed by atoms with E-state index in [-0.39, 0.29) is 17.3 Å². The lowest BCUT2D eigenvalue weighted by Gasteiger charge is -2.22. The summed E-state index contributed by atoms with van der Waals surface area (Å²) in [5, 5.41) is 6.07. The lowest BCUT2D eigenvalue weighted by Crippen LogP contribution is -2.30. The summed E-state index contributed by atoms with van der Waals surface area (Å²) in [6.07, 6.45) is 1.43. The van der Waals surface area contributed by atoms with Crippen molar-refractivity contribution >= 4 is 34.7 Å². The average Bonchev–Trinajstić information content (AvgIpc) is 3.02. The summed E-state index contributed by atoms with van der Waals surface area (Å²) in [5.74, 6) is -0.892. The number of hydrogen-bond acceptors (Lipinski definition) is 4. The number of aromatic nitrogens is 1. The molecular formula is C27H21FN4O2. The van der Waals surface area contributed by atoms with Crippen LogP contribution in [-0.2, 0) is 6.54 Å². The van der Waals surface area contributed by atoms with Crippen molar-refractivity contribution in [3.8, 4) is 0 Å². The molecule has 0 atom stereocenters. The van der Waals surface area contributed by atoms with Crippen molar-refractivity contribution in [2.24, 2.45) is 0 Å². The van der Waals surface area contributed by atoms with Crippen LogP contribution in [0.5, 0.6) is 0 Å². The van der Waals surface area contributed by atoms with Gasteiger partial charge in [-0.2, -0.15) is 0 Å². The molecule has 1 aliphatic rings. The number of benzene rings is 3. The molecule has 3 aromatic carbocycles. The Morgan fingerprint density at radius 1 is 0.971 bits per heavy atom. The normalized spacial score (nSPS) is 12.1. The van der Waals surface area contributed by atoms with Gasteiger partial charge in [0, 0.05) is 17.4 Å². The van der Waals surface area contributed by atoms with Gasteiger partial charge < -0.3 is 15.5 Å². The van der Waals surface area contributed by atoms with Gasteiger partial charge >= 0.3 is 0 Å². The Balaban J connectivity index is 1.40. The van der Waals surface area contributed by atoms with Crippen molar-refractivity contribution in [2.75, 3.05) is 15.5 Å². The van der Waals surface area contributed by atoms with E-state index < -0.39 is 11.7 Å². The van der Waals surface area contributed by atoms with Crippen molar-refractivity contribution in [3.63, 3.8) is 0 Å². The molecule has 34 heavy (non-hydrogen) atoms. The first-order valence-electron chi connectivity index (χ1n) is 10.8. The molecule has 0 fully saturated rings. The van der Waals surface area contributed by atoms with Gasteiger partial charge in [-0.1, -0.05) is 36.4 Å². The molecule has 1 aliphatic heterocycles. The van der Waals surface area contributed by atoms with Crippen LogP contribution < -0.4 is 15.5 Å². The molecule has 7 heteroatoms. The molecule has 0 radical (unpaired) electrons. The number of para-hydroxylation sites is 3. The Labute approximate surface area is 196 Å². The van der Waals surface area contributed by atoms with E-state index in [9.17, 15) is 14.0 Å². The van der Waals surface area contributed by atoms with E-state index in [1.807, 2.05) is 48.5 Å². The third-order valence-corrected chi connectivity index (χ3v) is 5.75. The van der Waals surface area contributed by atoms with Crippen molar-refractivity contribution in [1.82, 2.24) is 4.98 Å². The van der Waals surface area contributed by atoms with Crippen LogP contribution in [0.4, 0.5) is 27.3 Å². The van der Waals surface area contributed by atoms with Crippen LogP contribution in [-0.4, -0.2) is 16.8 Å². The average molecular weight is 452 g/mol. The minimum Gasteiger partial charge on any atom is -0.354 e. The standard InChI is InChI=1S/C27H21FN4O2/c1-17-10-12-20(28)14-21(17)26(33)31-25-13-11-18(15-29-25)27(34)32-16-19-6-2-3-7-22(19)30-23-8-4-5-9-24(23)32/h2-15,30H,16H2,1H3,(H,29,31,33). The summed E-state index contributed by atoms with van der Waals surface area (Å²) in [5.41, 5.74) is 4.82. The molecule has 0 saturated carbocycles.